The van der Waals surface area contributed by atoms with Crippen LogP contribution in [-0.4, -0.2) is 43.7 Å². The normalized spacial score (nSPS) is 17.7. The molecule has 1 amide bonds. The Morgan fingerprint density at radius 2 is 2.22 bits per heavy atom. The molecule has 0 aromatic heterocycles. The van der Waals surface area contributed by atoms with E-state index in [-0.39, 0.29) is 11.9 Å². The number of nitrogens with two attached hydrogens (primary N) is 1. The summed E-state index contributed by atoms with van der Waals surface area (Å²) in [4.78, 5) is 14.3. The largest absolute Gasteiger partial charge is 0.493 e. The molecule has 1 aliphatic rings. The molecule has 1 aromatic carbocycles. The molecule has 1 unspecified atom stereocenters. The number of benzene rings is 1. The highest BCUT2D eigenvalue weighted by molar-refractivity contribution is 6.32. The summed E-state index contributed by atoms with van der Waals surface area (Å²) in [6.45, 7) is 6.06. The zero-order valence-electron chi connectivity index (χ0n) is 14.0. The van der Waals surface area contributed by atoms with Gasteiger partial charge in [0, 0.05) is 24.7 Å². The molecule has 1 saturated heterocycles. The monoisotopic (exact) mass is 340 g/mol. The van der Waals surface area contributed by atoms with Gasteiger partial charge in [-0.2, -0.15) is 0 Å². The summed E-state index contributed by atoms with van der Waals surface area (Å²) in [5.74, 6) is 1.43. The minimum Gasteiger partial charge on any atom is -0.493 e. The second-order valence-electron chi connectivity index (χ2n) is 6.32. The second kappa shape index (κ2) is 7.88. The van der Waals surface area contributed by atoms with Crippen LogP contribution in [0.5, 0.6) is 11.5 Å². The second-order valence-corrected chi connectivity index (χ2v) is 6.73. The number of nitrogens with zero attached hydrogens (tertiary/aromatic N) is 1. The number of methoxy groups -OCH3 is 1. The third-order valence-electron chi connectivity index (χ3n) is 3.93. The van der Waals surface area contributed by atoms with Crippen molar-refractivity contribution in [3.8, 4) is 11.5 Å². The van der Waals surface area contributed by atoms with E-state index in [1.165, 1.54) is 0 Å². The number of hydrogen-bond donors (Lipinski definition) is 1. The van der Waals surface area contributed by atoms with E-state index in [4.69, 9.17) is 26.8 Å². The standard InChI is InChI=1S/C17H25ClN2O3/c1-11(2)5-7-23-16-14(18)8-12(9-15(16)22-3)17(21)20-6-4-13(19)10-20/h8-9,11,13H,4-7,10,19H2,1-3H3. The molecule has 1 heterocycles. The van der Waals surface area contributed by atoms with Gasteiger partial charge in [0.25, 0.3) is 5.91 Å². The lowest BCUT2D eigenvalue weighted by Crippen LogP contribution is -2.31. The molecule has 0 radical (unpaired) electrons. The van der Waals surface area contributed by atoms with E-state index in [1.54, 1.807) is 24.1 Å². The first-order valence-electron chi connectivity index (χ1n) is 7.97. The van der Waals surface area contributed by atoms with Gasteiger partial charge in [-0.1, -0.05) is 25.4 Å². The number of hydrogen-bond acceptors (Lipinski definition) is 4. The van der Waals surface area contributed by atoms with Crippen molar-refractivity contribution in [3.05, 3.63) is 22.7 Å². The van der Waals surface area contributed by atoms with Crippen LogP contribution in [0.15, 0.2) is 12.1 Å². The van der Waals surface area contributed by atoms with Crippen LogP contribution < -0.4 is 15.2 Å². The molecule has 6 heteroatoms. The molecule has 23 heavy (non-hydrogen) atoms. The van der Waals surface area contributed by atoms with E-state index in [9.17, 15) is 4.79 Å². The Bertz CT molecular complexity index is 563. The Morgan fingerprint density at radius 1 is 1.48 bits per heavy atom. The SMILES string of the molecule is COc1cc(C(=O)N2CCC(N)C2)cc(Cl)c1OCCC(C)C. The van der Waals surface area contributed by atoms with E-state index in [0.29, 0.717) is 47.7 Å². The first kappa shape index (κ1) is 17.9. The van der Waals surface area contributed by atoms with E-state index in [2.05, 4.69) is 13.8 Å². The minimum absolute atomic E-state index is 0.0509. The number of rotatable bonds is 6. The van der Waals surface area contributed by atoms with Crippen LogP contribution >= 0.6 is 11.6 Å². The highest BCUT2D eigenvalue weighted by Gasteiger charge is 2.26. The van der Waals surface area contributed by atoms with Gasteiger partial charge in [-0.15, -0.1) is 0 Å². The van der Waals surface area contributed by atoms with E-state index < -0.39 is 0 Å². The number of ether oxygens (including phenoxy) is 2. The molecule has 1 atom stereocenters. The Balaban J connectivity index is 2.16. The Morgan fingerprint density at radius 3 is 2.78 bits per heavy atom. The number of carbonyl (C=O) groups is 1. The maximum Gasteiger partial charge on any atom is 0.254 e. The third kappa shape index (κ3) is 4.52. The first-order valence-corrected chi connectivity index (χ1v) is 8.35. The average molecular weight is 341 g/mol. The van der Waals surface area contributed by atoms with Crippen LogP contribution in [0.25, 0.3) is 0 Å². The van der Waals surface area contributed by atoms with Gasteiger partial charge in [0.2, 0.25) is 0 Å². The van der Waals surface area contributed by atoms with Crippen LogP contribution in [-0.2, 0) is 0 Å². The van der Waals surface area contributed by atoms with Crippen molar-refractivity contribution < 1.29 is 14.3 Å². The Labute approximate surface area is 142 Å². The topological polar surface area (TPSA) is 64.8 Å². The third-order valence-corrected chi connectivity index (χ3v) is 4.21. The average Bonchev–Trinajstić information content (AvgIpc) is 2.93. The molecule has 0 saturated carbocycles. The van der Waals surface area contributed by atoms with Crippen molar-refractivity contribution in [1.82, 2.24) is 4.90 Å². The molecule has 2 N–H and O–H groups in total. The van der Waals surface area contributed by atoms with Gasteiger partial charge in [-0.25, -0.2) is 0 Å². The van der Waals surface area contributed by atoms with Gasteiger partial charge < -0.3 is 20.1 Å². The molecule has 0 bridgehead atoms. The fourth-order valence-corrected chi connectivity index (χ4v) is 2.80. The molecule has 2 rings (SSSR count). The maximum absolute atomic E-state index is 12.5. The molecular formula is C17H25ClN2O3. The van der Waals surface area contributed by atoms with E-state index in [1.807, 2.05) is 0 Å². The number of amides is 1. The van der Waals surface area contributed by atoms with Gasteiger partial charge in [0.15, 0.2) is 11.5 Å². The summed E-state index contributed by atoms with van der Waals surface area (Å²) in [6, 6.07) is 3.37. The quantitative estimate of drug-likeness (QED) is 0.864. The number of halogens is 1. The molecular weight excluding hydrogens is 316 g/mol. The van der Waals surface area contributed by atoms with Crippen molar-refractivity contribution in [1.29, 1.82) is 0 Å². The van der Waals surface area contributed by atoms with Crippen LogP contribution in [0.1, 0.15) is 37.0 Å². The van der Waals surface area contributed by atoms with Gasteiger partial charge in [-0.3, -0.25) is 4.79 Å². The summed E-state index contributed by atoms with van der Waals surface area (Å²) < 4.78 is 11.1. The molecule has 128 valence electrons. The Kier molecular flexibility index (Phi) is 6.13. The smallest absolute Gasteiger partial charge is 0.254 e. The lowest BCUT2D eigenvalue weighted by Gasteiger charge is -2.18. The number of carbonyl (C=O) groups excluding carboxylic acids is 1. The molecule has 5 nitrogen and oxygen atoms in total. The molecule has 1 aromatic rings. The lowest BCUT2D eigenvalue weighted by atomic mass is 10.1. The predicted molar refractivity (Wildman–Crippen MR) is 91.4 cm³/mol. The minimum atomic E-state index is -0.0770. The van der Waals surface area contributed by atoms with Crippen molar-refractivity contribution in [3.63, 3.8) is 0 Å². The molecule has 1 aliphatic heterocycles. The van der Waals surface area contributed by atoms with Gasteiger partial charge in [0.1, 0.15) is 0 Å². The lowest BCUT2D eigenvalue weighted by molar-refractivity contribution is 0.0790. The molecule has 1 fully saturated rings. The summed E-state index contributed by atoms with van der Waals surface area (Å²) in [6.07, 6.45) is 1.75. The number of likely N-dealkylation sites (tertiary alicyclic amines) is 1. The first-order chi connectivity index (χ1) is 10.9. The van der Waals surface area contributed by atoms with Crippen molar-refractivity contribution in [2.45, 2.75) is 32.7 Å². The van der Waals surface area contributed by atoms with Crippen LogP contribution in [0.4, 0.5) is 0 Å². The van der Waals surface area contributed by atoms with E-state index >= 15 is 0 Å². The van der Waals surface area contributed by atoms with Gasteiger partial charge >= 0.3 is 0 Å². The van der Waals surface area contributed by atoms with Crippen LogP contribution in [0.2, 0.25) is 5.02 Å². The summed E-state index contributed by atoms with van der Waals surface area (Å²) in [5.41, 5.74) is 6.36. The Hall–Kier alpha value is -1.46. The van der Waals surface area contributed by atoms with E-state index in [0.717, 1.165) is 12.8 Å². The van der Waals surface area contributed by atoms with Crippen molar-refractivity contribution >= 4 is 17.5 Å². The predicted octanol–water partition coefficient (Wildman–Crippen LogP) is 2.95. The van der Waals surface area contributed by atoms with Gasteiger partial charge in [-0.05, 0) is 30.9 Å². The fourth-order valence-electron chi connectivity index (χ4n) is 2.53. The zero-order valence-corrected chi connectivity index (χ0v) is 14.7. The summed E-state index contributed by atoms with van der Waals surface area (Å²) >= 11 is 6.31. The molecule has 0 spiro atoms. The van der Waals surface area contributed by atoms with Crippen LogP contribution in [0, 0.1) is 5.92 Å². The fraction of sp³-hybridized carbons (Fsp3) is 0.588. The van der Waals surface area contributed by atoms with Crippen molar-refractivity contribution in [2.24, 2.45) is 11.7 Å². The summed E-state index contributed by atoms with van der Waals surface area (Å²) in [7, 11) is 1.54. The maximum atomic E-state index is 12.5. The molecule has 0 aliphatic carbocycles. The summed E-state index contributed by atoms with van der Waals surface area (Å²) in [5, 5.41) is 0.389. The van der Waals surface area contributed by atoms with Gasteiger partial charge in [0.05, 0.1) is 18.7 Å². The highest BCUT2D eigenvalue weighted by Crippen LogP contribution is 2.37. The highest BCUT2D eigenvalue weighted by atomic mass is 35.5. The van der Waals surface area contributed by atoms with Crippen LogP contribution in [0.3, 0.4) is 0 Å². The van der Waals surface area contributed by atoms with Crippen molar-refractivity contribution in [2.75, 3.05) is 26.8 Å². The zero-order chi connectivity index (χ0) is 17.0.